The number of nitrogens with one attached hydrogen (secondary N) is 2. The molecule has 2 aromatic carbocycles. The fraction of sp³-hybridized carbons (Fsp3) is 0.136. The van der Waals surface area contributed by atoms with Gasteiger partial charge in [-0.3, -0.25) is 4.79 Å². The summed E-state index contributed by atoms with van der Waals surface area (Å²) in [5.41, 5.74) is 1.48. The van der Waals surface area contributed by atoms with Crippen LogP contribution < -0.4 is 15.5 Å². The van der Waals surface area contributed by atoms with Gasteiger partial charge in [0.25, 0.3) is 5.92 Å². The minimum atomic E-state index is -3.15. The Balaban J connectivity index is 1.99. The normalized spacial score (nSPS) is 10.9. The van der Waals surface area contributed by atoms with E-state index in [9.17, 15) is 13.6 Å². The van der Waals surface area contributed by atoms with E-state index in [-0.39, 0.29) is 23.2 Å². The summed E-state index contributed by atoms with van der Waals surface area (Å²) in [6, 6.07) is 16.0. The van der Waals surface area contributed by atoms with Gasteiger partial charge in [-0.05, 0) is 36.4 Å². The monoisotopic (exact) mass is 409 g/mol. The Morgan fingerprint density at radius 2 is 1.83 bits per heavy atom. The number of hydrogen-bond acceptors (Lipinski definition) is 5. The molecule has 0 unspecified atom stereocenters. The SMILES string of the molecule is C=CC(=O)Nc1cccc(N(C)c2nc(Nc3ccccc3)ncc2C(C)(F)F)c1. The van der Waals surface area contributed by atoms with Crippen molar-refractivity contribution < 1.29 is 13.6 Å². The van der Waals surface area contributed by atoms with Crippen molar-refractivity contribution in [3.05, 3.63) is 79.0 Å². The number of carbonyl (C=O) groups is 1. The molecule has 0 bridgehead atoms. The van der Waals surface area contributed by atoms with Gasteiger partial charge in [-0.25, -0.2) is 13.8 Å². The van der Waals surface area contributed by atoms with Gasteiger partial charge in [0.15, 0.2) is 0 Å². The zero-order valence-electron chi connectivity index (χ0n) is 16.6. The summed E-state index contributed by atoms with van der Waals surface area (Å²) in [6.45, 7) is 4.21. The molecule has 0 aliphatic heterocycles. The lowest BCUT2D eigenvalue weighted by molar-refractivity contribution is -0.111. The van der Waals surface area contributed by atoms with Crippen LogP contribution in [0.1, 0.15) is 12.5 Å². The van der Waals surface area contributed by atoms with E-state index in [0.29, 0.717) is 11.4 Å². The van der Waals surface area contributed by atoms with Crippen molar-refractivity contribution >= 4 is 34.7 Å². The van der Waals surface area contributed by atoms with Gasteiger partial charge in [-0.1, -0.05) is 30.8 Å². The van der Waals surface area contributed by atoms with Gasteiger partial charge in [0, 0.05) is 37.2 Å². The number of alkyl halides is 2. The van der Waals surface area contributed by atoms with Gasteiger partial charge < -0.3 is 15.5 Å². The molecule has 0 saturated heterocycles. The van der Waals surface area contributed by atoms with E-state index in [0.717, 1.165) is 24.9 Å². The van der Waals surface area contributed by atoms with E-state index in [4.69, 9.17) is 0 Å². The Morgan fingerprint density at radius 3 is 2.50 bits per heavy atom. The van der Waals surface area contributed by atoms with Crippen LogP contribution in [0.2, 0.25) is 0 Å². The average Bonchev–Trinajstić information content (AvgIpc) is 2.73. The molecule has 1 aromatic heterocycles. The standard InChI is InChI=1S/C22H21F2N5O/c1-4-19(30)26-16-11-8-12-17(13-16)29(3)20-18(22(2,23)24)14-25-21(28-20)27-15-9-6-5-7-10-15/h4-14H,1H2,2-3H3,(H,26,30)(H,25,27,28). The number of para-hydroxylation sites is 1. The zero-order chi connectivity index (χ0) is 21.7. The third-order valence-electron chi connectivity index (χ3n) is 4.28. The van der Waals surface area contributed by atoms with E-state index in [1.54, 1.807) is 31.3 Å². The van der Waals surface area contributed by atoms with Crippen molar-refractivity contribution in [3.8, 4) is 0 Å². The first-order chi connectivity index (χ1) is 14.3. The third-order valence-corrected chi connectivity index (χ3v) is 4.28. The predicted molar refractivity (Wildman–Crippen MR) is 115 cm³/mol. The molecular formula is C22H21F2N5O. The molecule has 1 heterocycles. The number of carbonyl (C=O) groups excluding carboxylic acids is 1. The van der Waals surface area contributed by atoms with E-state index in [2.05, 4.69) is 27.2 Å². The number of halogens is 2. The number of anilines is 5. The lowest BCUT2D eigenvalue weighted by Crippen LogP contribution is -2.20. The summed E-state index contributed by atoms with van der Waals surface area (Å²) < 4.78 is 28.5. The minimum Gasteiger partial charge on any atom is -0.329 e. The van der Waals surface area contributed by atoms with Crippen LogP contribution in [0.3, 0.4) is 0 Å². The molecule has 0 atom stereocenters. The second-order valence-electron chi connectivity index (χ2n) is 6.61. The molecule has 30 heavy (non-hydrogen) atoms. The molecule has 8 heteroatoms. The van der Waals surface area contributed by atoms with Crippen LogP contribution >= 0.6 is 0 Å². The minimum absolute atomic E-state index is 0.0446. The van der Waals surface area contributed by atoms with Crippen molar-refractivity contribution in [3.63, 3.8) is 0 Å². The zero-order valence-corrected chi connectivity index (χ0v) is 16.6. The highest BCUT2D eigenvalue weighted by Crippen LogP contribution is 2.36. The van der Waals surface area contributed by atoms with Crippen LogP contribution in [0.5, 0.6) is 0 Å². The lowest BCUT2D eigenvalue weighted by Gasteiger charge is -2.24. The van der Waals surface area contributed by atoms with Crippen molar-refractivity contribution in [2.24, 2.45) is 0 Å². The summed E-state index contributed by atoms with van der Waals surface area (Å²) >= 11 is 0. The number of amides is 1. The van der Waals surface area contributed by atoms with E-state index in [1.807, 2.05) is 30.3 Å². The Labute approximate surface area is 173 Å². The first kappa shape index (κ1) is 20.9. The van der Waals surface area contributed by atoms with Gasteiger partial charge >= 0.3 is 0 Å². The molecule has 1 amide bonds. The van der Waals surface area contributed by atoms with Gasteiger partial charge in [0.05, 0.1) is 5.56 Å². The second kappa shape index (κ2) is 8.69. The van der Waals surface area contributed by atoms with Crippen molar-refractivity contribution in [1.29, 1.82) is 0 Å². The number of nitrogens with zero attached hydrogens (tertiary/aromatic N) is 3. The number of hydrogen-bond donors (Lipinski definition) is 2. The van der Waals surface area contributed by atoms with Crippen LogP contribution in [0.25, 0.3) is 0 Å². The van der Waals surface area contributed by atoms with Gasteiger partial charge in [-0.2, -0.15) is 4.98 Å². The quantitative estimate of drug-likeness (QED) is 0.523. The fourth-order valence-electron chi connectivity index (χ4n) is 2.76. The third kappa shape index (κ3) is 4.96. The van der Waals surface area contributed by atoms with Crippen molar-refractivity contribution in [2.75, 3.05) is 22.6 Å². The predicted octanol–water partition coefficient (Wildman–Crippen LogP) is 5.22. The molecule has 0 aliphatic carbocycles. The van der Waals surface area contributed by atoms with E-state index in [1.165, 1.54) is 4.90 Å². The molecule has 3 aromatic rings. The maximum absolute atomic E-state index is 14.3. The molecule has 0 radical (unpaired) electrons. The largest absolute Gasteiger partial charge is 0.329 e. The smallest absolute Gasteiger partial charge is 0.275 e. The van der Waals surface area contributed by atoms with Crippen LogP contribution in [0.15, 0.2) is 73.4 Å². The van der Waals surface area contributed by atoms with Crippen LogP contribution in [0.4, 0.5) is 37.6 Å². The Morgan fingerprint density at radius 1 is 1.13 bits per heavy atom. The molecule has 0 spiro atoms. The number of aromatic nitrogens is 2. The summed E-state index contributed by atoms with van der Waals surface area (Å²) in [5, 5.41) is 5.66. The molecule has 2 N–H and O–H groups in total. The number of benzene rings is 2. The summed E-state index contributed by atoms with van der Waals surface area (Å²) in [5.74, 6) is -3.29. The first-order valence-electron chi connectivity index (χ1n) is 9.12. The summed E-state index contributed by atoms with van der Waals surface area (Å²) in [4.78, 5) is 21.5. The lowest BCUT2D eigenvalue weighted by atomic mass is 10.1. The van der Waals surface area contributed by atoms with Crippen LogP contribution in [-0.2, 0) is 10.7 Å². The molecule has 3 rings (SSSR count). The fourth-order valence-corrected chi connectivity index (χ4v) is 2.76. The molecule has 154 valence electrons. The second-order valence-corrected chi connectivity index (χ2v) is 6.61. The van der Waals surface area contributed by atoms with Gasteiger partial charge in [0.1, 0.15) is 5.82 Å². The topological polar surface area (TPSA) is 70.2 Å². The van der Waals surface area contributed by atoms with Gasteiger partial charge in [0.2, 0.25) is 11.9 Å². The highest BCUT2D eigenvalue weighted by molar-refractivity contribution is 5.99. The van der Waals surface area contributed by atoms with E-state index >= 15 is 0 Å². The highest BCUT2D eigenvalue weighted by atomic mass is 19.3. The van der Waals surface area contributed by atoms with E-state index < -0.39 is 5.92 Å². The maximum atomic E-state index is 14.3. The molecule has 0 saturated carbocycles. The molecule has 0 aliphatic rings. The summed E-state index contributed by atoms with van der Waals surface area (Å²) in [7, 11) is 1.62. The van der Waals surface area contributed by atoms with Crippen molar-refractivity contribution in [1.82, 2.24) is 9.97 Å². The van der Waals surface area contributed by atoms with Gasteiger partial charge in [-0.15, -0.1) is 0 Å². The first-order valence-corrected chi connectivity index (χ1v) is 9.12. The van der Waals surface area contributed by atoms with Crippen LogP contribution in [0, 0.1) is 0 Å². The average molecular weight is 409 g/mol. The maximum Gasteiger partial charge on any atom is 0.275 e. The van der Waals surface area contributed by atoms with Crippen LogP contribution in [-0.4, -0.2) is 22.9 Å². The molecular weight excluding hydrogens is 388 g/mol. The van der Waals surface area contributed by atoms with Crippen molar-refractivity contribution in [2.45, 2.75) is 12.8 Å². The Kier molecular flexibility index (Phi) is 6.06. The Bertz CT molecular complexity index is 1050. The summed E-state index contributed by atoms with van der Waals surface area (Å²) in [6.07, 6.45) is 2.27. The molecule has 0 fully saturated rings. The molecule has 6 nitrogen and oxygen atoms in total. The highest BCUT2D eigenvalue weighted by Gasteiger charge is 2.31. The Hall–Kier alpha value is -3.81. The number of rotatable bonds is 7.